The molecule has 1 aromatic rings. The summed E-state index contributed by atoms with van der Waals surface area (Å²) >= 11 is 0. The second kappa shape index (κ2) is 8.10. The van der Waals surface area contributed by atoms with Crippen LogP contribution < -0.4 is 21.1 Å². The molecule has 1 heterocycles. The first-order valence-electron chi connectivity index (χ1n) is 9.77. The van der Waals surface area contributed by atoms with Crippen molar-refractivity contribution in [3.05, 3.63) is 20.4 Å². The van der Waals surface area contributed by atoms with E-state index < -0.39 is 5.43 Å². The van der Waals surface area contributed by atoms with Crippen molar-refractivity contribution in [2.45, 2.75) is 64.0 Å². The van der Waals surface area contributed by atoms with Crippen LogP contribution in [-0.4, -0.2) is 49.8 Å². The second-order valence-corrected chi connectivity index (χ2v) is 7.39. The third-order valence-corrected chi connectivity index (χ3v) is 5.73. The Labute approximate surface area is 154 Å². The van der Waals surface area contributed by atoms with Crippen LogP contribution in [-0.2, 0) is 4.74 Å². The van der Waals surface area contributed by atoms with E-state index in [0.29, 0.717) is 37.1 Å². The van der Waals surface area contributed by atoms with Crippen LogP contribution in [0, 0.1) is 0 Å². The summed E-state index contributed by atoms with van der Waals surface area (Å²) in [5, 5.41) is 3.29. The van der Waals surface area contributed by atoms with Gasteiger partial charge in [-0.25, -0.2) is 4.79 Å². The highest BCUT2D eigenvalue weighted by Gasteiger charge is 2.31. The molecule has 26 heavy (non-hydrogen) atoms. The number of nitrogens with zero attached hydrogens (tertiary/aromatic N) is 2. The number of ether oxygens (including phenoxy) is 1. The molecule has 1 saturated carbocycles. The fraction of sp³-hybridized carbons (Fsp3) is 0.737. The second-order valence-electron chi connectivity index (χ2n) is 7.39. The van der Waals surface area contributed by atoms with Gasteiger partial charge in [-0.1, -0.05) is 19.3 Å². The Morgan fingerprint density at radius 1 is 1.12 bits per heavy atom. The Hall–Kier alpha value is -2.05. The van der Waals surface area contributed by atoms with Gasteiger partial charge in [-0.15, -0.1) is 0 Å². The van der Waals surface area contributed by atoms with E-state index in [2.05, 4.69) is 5.32 Å². The van der Waals surface area contributed by atoms with Crippen LogP contribution >= 0.6 is 0 Å². The van der Waals surface area contributed by atoms with Crippen molar-refractivity contribution < 1.29 is 9.53 Å². The van der Waals surface area contributed by atoms with Crippen molar-refractivity contribution >= 4 is 17.5 Å². The van der Waals surface area contributed by atoms with E-state index in [4.69, 9.17) is 4.74 Å². The molecule has 3 rings (SSSR count). The van der Waals surface area contributed by atoms with Gasteiger partial charge in [0.25, 0.3) is 10.9 Å². The molecule has 0 radical (unpaired) electrons. The summed E-state index contributed by atoms with van der Waals surface area (Å²) in [6.45, 7) is 3.36. The Bertz CT molecular complexity index is 696. The third kappa shape index (κ3) is 3.71. The van der Waals surface area contributed by atoms with Gasteiger partial charge in [0.2, 0.25) is 0 Å². The van der Waals surface area contributed by atoms with E-state index in [1.165, 1.54) is 19.3 Å². The van der Waals surface area contributed by atoms with Gasteiger partial charge in [0.05, 0.1) is 6.61 Å². The monoisotopic (exact) mass is 363 g/mol. The first-order chi connectivity index (χ1) is 12.5. The van der Waals surface area contributed by atoms with Crippen LogP contribution in [0.3, 0.4) is 0 Å². The lowest BCUT2D eigenvalue weighted by atomic mass is 9.93. The standard InChI is InChI=1S/C19H29N3O4/c1-3-26-19(25)22-11-9-13(10-12-22)20-15-16(18(24)17(15)23)21(2)14-7-5-4-6-8-14/h13-14,20H,3-12H2,1-2H3. The number of amides is 1. The van der Waals surface area contributed by atoms with Crippen LogP contribution in [0.15, 0.2) is 9.59 Å². The Morgan fingerprint density at radius 3 is 2.38 bits per heavy atom. The summed E-state index contributed by atoms with van der Waals surface area (Å²) in [6.07, 6.45) is 6.96. The number of carbonyl (C=O) groups is 1. The lowest BCUT2D eigenvalue weighted by Gasteiger charge is -2.36. The minimum Gasteiger partial charge on any atom is -0.450 e. The molecule has 1 aliphatic heterocycles. The van der Waals surface area contributed by atoms with Gasteiger partial charge in [0, 0.05) is 32.2 Å². The molecular weight excluding hydrogens is 334 g/mol. The lowest BCUT2D eigenvalue weighted by Crippen LogP contribution is -2.48. The maximum absolute atomic E-state index is 12.2. The minimum absolute atomic E-state index is 0.0995. The van der Waals surface area contributed by atoms with E-state index in [9.17, 15) is 14.4 Å². The number of rotatable bonds is 5. The normalized spacial score (nSPS) is 19.5. The number of piperidine rings is 1. The van der Waals surface area contributed by atoms with Crippen molar-refractivity contribution in [2.24, 2.45) is 0 Å². The number of carbonyl (C=O) groups excluding carboxylic acids is 1. The van der Waals surface area contributed by atoms with E-state index in [0.717, 1.165) is 25.7 Å². The molecule has 0 bridgehead atoms. The molecule has 1 amide bonds. The van der Waals surface area contributed by atoms with Crippen molar-refractivity contribution in [1.29, 1.82) is 0 Å². The van der Waals surface area contributed by atoms with Crippen LogP contribution in [0.2, 0.25) is 0 Å². The van der Waals surface area contributed by atoms with Gasteiger partial charge in [0.1, 0.15) is 11.4 Å². The third-order valence-electron chi connectivity index (χ3n) is 5.73. The molecule has 1 N–H and O–H groups in total. The van der Waals surface area contributed by atoms with Gasteiger partial charge in [-0.3, -0.25) is 9.59 Å². The maximum Gasteiger partial charge on any atom is 0.409 e. The zero-order valence-electron chi connectivity index (χ0n) is 15.8. The van der Waals surface area contributed by atoms with Gasteiger partial charge < -0.3 is 19.9 Å². The molecule has 0 spiro atoms. The van der Waals surface area contributed by atoms with Crippen molar-refractivity contribution in [1.82, 2.24) is 4.90 Å². The van der Waals surface area contributed by atoms with E-state index >= 15 is 0 Å². The van der Waals surface area contributed by atoms with Crippen LogP contribution in [0.1, 0.15) is 51.9 Å². The van der Waals surface area contributed by atoms with E-state index in [1.807, 2.05) is 11.9 Å². The molecule has 7 nitrogen and oxygen atoms in total. The number of nitrogens with one attached hydrogen (secondary N) is 1. The molecule has 7 heteroatoms. The van der Waals surface area contributed by atoms with Gasteiger partial charge >= 0.3 is 6.09 Å². The number of likely N-dealkylation sites (tertiary alicyclic amines) is 1. The summed E-state index contributed by atoms with van der Waals surface area (Å²) in [7, 11) is 1.93. The molecular formula is C19H29N3O4. The zero-order valence-corrected chi connectivity index (χ0v) is 15.8. The summed E-state index contributed by atoms with van der Waals surface area (Å²) in [5.41, 5.74) is 0.243. The average Bonchev–Trinajstić information content (AvgIpc) is 2.68. The predicted octanol–water partition coefficient (Wildman–Crippen LogP) is 2.08. The van der Waals surface area contributed by atoms with Crippen molar-refractivity contribution in [3.63, 3.8) is 0 Å². The Balaban J connectivity index is 1.61. The number of hydrogen-bond acceptors (Lipinski definition) is 6. The zero-order chi connectivity index (χ0) is 18.7. The summed E-state index contributed by atoms with van der Waals surface area (Å²) in [4.78, 5) is 39.7. The van der Waals surface area contributed by atoms with Crippen molar-refractivity contribution in [3.8, 4) is 0 Å². The van der Waals surface area contributed by atoms with Crippen LogP contribution in [0.5, 0.6) is 0 Å². The van der Waals surface area contributed by atoms with Crippen LogP contribution in [0.25, 0.3) is 0 Å². The average molecular weight is 363 g/mol. The molecule has 1 aromatic carbocycles. The fourth-order valence-electron chi connectivity index (χ4n) is 4.13. The quantitative estimate of drug-likeness (QED) is 0.807. The molecule has 1 saturated heterocycles. The van der Waals surface area contributed by atoms with E-state index in [1.54, 1.807) is 11.8 Å². The fourth-order valence-corrected chi connectivity index (χ4v) is 4.13. The highest BCUT2D eigenvalue weighted by Crippen LogP contribution is 2.29. The molecule has 0 aromatic heterocycles. The smallest absolute Gasteiger partial charge is 0.409 e. The van der Waals surface area contributed by atoms with Crippen molar-refractivity contribution in [2.75, 3.05) is 37.0 Å². The summed E-state index contributed by atoms with van der Waals surface area (Å²) < 4.78 is 5.03. The van der Waals surface area contributed by atoms with Gasteiger partial charge in [-0.2, -0.15) is 0 Å². The maximum atomic E-state index is 12.2. The highest BCUT2D eigenvalue weighted by atomic mass is 16.6. The number of hydrogen-bond donors (Lipinski definition) is 1. The molecule has 1 aliphatic carbocycles. The molecule has 144 valence electrons. The largest absolute Gasteiger partial charge is 0.450 e. The molecule has 0 unspecified atom stereocenters. The topological polar surface area (TPSA) is 79.0 Å². The lowest BCUT2D eigenvalue weighted by molar-refractivity contribution is 0.0983. The first kappa shape index (κ1) is 18.7. The predicted molar refractivity (Wildman–Crippen MR) is 102 cm³/mol. The SMILES string of the molecule is CCOC(=O)N1CCC(Nc2c(N(C)C3CCCCC3)c(=O)c2=O)CC1. The van der Waals surface area contributed by atoms with Gasteiger partial charge in [0.15, 0.2) is 0 Å². The molecule has 0 atom stereocenters. The Morgan fingerprint density at radius 2 is 1.77 bits per heavy atom. The molecule has 2 aliphatic rings. The minimum atomic E-state index is -0.407. The summed E-state index contributed by atoms with van der Waals surface area (Å²) in [6, 6.07) is 0.445. The molecule has 2 fully saturated rings. The van der Waals surface area contributed by atoms with Gasteiger partial charge in [-0.05, 0) is 32.6 Å². The Kier molecular flexibility index (Phi) is 5.84. The van der Waals surface area contributed by atoms with E-state index in [-0.39, 0.29) is 17.6 Å². The summed E-state index contributed by atoms with van der Waals surface area (Å²) in [5.74, 6) is 0. The highest BCUT2D eigenvalue weighted by molar-refractivity contribution is 5.75. The number of anilines is 2. The van der Waals surface area contributed by atoms with Crippen LogP contribution in [0.4, 0.5) is 16.2 Å². The first-order valence-corrected chi connectivity index (χ1v) is 9.77.